The molecule has 0 unspecified atom stereocenters. The number of nitrogens with one attached hydrogen (secondary N) is 2. The van der Waals surface area contributed by atoms with Crippen molar-refractivity contribution in [1.82, 2.24) is 20.2 Å². The molecule has 0 radical (unpaired) electrons. The van der Waals surface area contributed by atoms with E-state index in [-0.39, 0.29) is 24.0 Å². The van der Waals surface area contributed by atoms with E-state index in [0.29, 0.717) is 5.92 Å². The zero-order valence-corrected chi connectivity index (χ0v) is 20.8. The molecule has 1 saturated heterocycles. The summed E-state index contributed by atoms with van der Waals surface area (Å²) in [5.41, 5.74) is 1.28. The van der Waals surface area contributed by atoms with Gasteiger partial charge in [-0.05, 0) is 30.7 Å². The predicted octanol–water partition coefficient (Wildman–Crippen LogP) is 3.09. The van der Waals surface area contributed by atoms with Crippen molar-refractivity contribution in [3.63, 3.8) is 0 Å². The Kier molecular flexibility index (Phi) is 12.6. The lowest BCUT2D eigenvalue weighted by Gasteiger charge is -2.21. The van der Waals surface area contributed by atoms with Crippen LogP contribution in [-0.4, -0.2) is 62.1 Å². The van der Waals surface area contributed by atoms with Crippen molar-refractivity contribution in [2.75, 3.05) is 46.6 Å². The monoisotopic (exact) mass is 541 g/mol. The molecule has 1 aliphatic rings. The van der Waals surface area contributed by atoms with Crippen molar-refractivity contribution in [1.29, 1.82) is 0 Å². The van der Waals surface area contributed by atoms with E-state index in [1.165, 1.54) is 5.56 Å². The molecule has 3 rings (SSSR count). The zero-order valence-electron chi connectivity index (χ0n) is 18.5. The molecule has 1 aromatic heterocycles. The minimum atomic E-state index is 0. The maximum Gasteiger partial charge on any atom is 0.190 e. The molecule has 1 fully saturated rings. The highest BCUT2D eigenvalue weighted by Gasteiger charge is 2.13. The Morgan fingerprint density at radius 1 is 1.19 bits per heavy atom. The van der Waals surface area contributed by atoms with Gasteiger partial charge in [-0.25, -0.2) is 4.98 Å². The van der Waals surface area contributed by atoms with Gasteiger partial charge in [0, 0.05) is 71.9 Å². The van der Waals surface area contributed by atoms with Crippen LogP contribution < -0.4 is 10.6 Å². The van der Waals surface area contributed by atoms with Gasteiger partial charge in [0.2, 0.25) is 0 Å². The molecule has 1 aliphatic heterocycles. The van der Waals surface area contributed by atoms with Crippen molar-refractivity contribution in [3.05, 3.63) is 54.1 Å². The summed E-state index contributed by atoms with van der Waals surface area (Å²) in [5, 5.41) is 6.73. The van der Waals surface area contributed by atoms with Gasteiger partial charge < -0.3 is 24.7 Å². The quantitative estimate of drug-likeness (QED) is 0.198. The fourth-order valence-electron chi connectivity index (χ4n) is 3.55. The third kappa shape index (κ3) is 9.57. The minimum absolute atomic E-state index is 0. The van der Waals surface area contributed by atoms with E-state index in [2.05, 4.69) is 49.4 Å². The summed E-state index contributed by atoms with van der Waals surface area (Å²) in [6, 6.07) is 10.5. The Hall–Kier alpha value is -1.65. The Labute approximate surface area is 203 Å². The first-order chi connectivity index (χ1) is 14.8. The number of ether oxygens (including phenoxy) is 2. The predicted molar refractivity (Wildman–Crippen MR) is 135 cm³/mol. The van der Waals surface area contributed by atoms with Crippen molar-refractivity contribution in [3.8, 4) is 0 Å². The van der Waals surface area contributed by atoms with E-state index in [4.69, 9.17) is 9.47 Å². The normalized spacial score (nSPS) is 14.8. The smallest absolute Gasteiger partial charge is 0.190 e. The Bertz CT molecular complexity index is 747. The lowest BCUT2D eigenvalue weighted by Crippen LogP contribution is -2.39. The number of aliphatic imine (C=N–C) groups is 1. The second-order valence-corrected chi connectivity index (χ2v) is 7.62. The van der Waals surface area contributed by atoms with Crippen LogP contribution in [0.5, 0.6) is 0 Å². The lowest BCUT2D eigenvalue weighted by molar-refractivity contribution is 0.0203. The maximum atomic E-state index is 5.81. The highest BCUT2D eigenvalue weighted by atomic mass is 127. The molecular formula is C23H36IN5O2. The standard InChI is InChI=1S/C23H35N5O2.HI/c1-24-23(26-11-5-15-30-19-21-9-16-29-17-10-21)27-12-8-22-25-13-14-28(22)18-20-6-3-2-4-7-20;/h2-4,6-7,13-14,21H,5,8-12,15-19H2,1H3,(H2,24,26,27);1H. The molecule has 2 aromatic rings. The molecule has 0 atom stereocenters. The highest BCUT2D eigenvalue weighted by Crippen LogP contribution is 2.14. The number of imidazole rings is 1. The van der Waals surface area contributed by atoms with Crippen LogP contribution in [0.1, 0.15) is 30.7 Å². The summed E-state index contributed by atoms with van der Waals surface area (Å²) in [6.45, 7) is 5.86. The number of nitrogens with zero attached hydrogens (tertiary/aromatic N) is 3. The van der Waals surface area contributed by atoms with Crippen LogP contribution in [0.25, 0.3) is 0 Å². The van der Waals surface area contributed by atoms with E-state index in [0.717, 1.165) is 83.5 Å². The number of benzene rings is 1. The number of aromatic nitrogens is 2. The van der Waals surface area contributed by atoms with Crippen molar-refractivity contribution >= 4 is 29.9 Å². The summed E-state index contributed by atoms with van der Waals surface area (Å²) in [5.74, 6) is 2.56. The van der Waals surface area contributed by atoms with Gasteiger partial charge in [-0.15, -0.1) is 24.0 Å². The first kappa shape index (κ1) is 25.6. The fourth-order valence-corrected chi connectivity index (χ4v) is 3.55. The third-order valence-electron chi connectivity index (χ3n) is 5.31. The average Bonchev–Trinajstić information content (AvgIpc) is 3.23. The van der Waals surface area contributed by atoms with Gasteiger partial charge in [-0.3, -0.25) is 4.99 Å². The molecule has 1 aromatic carbocycles. The van der Waals surface area contributed by atoms with Gasteiger partial charge in [0.15, 0.2) is 5.96 Å². The van der Waals surface area contributed by atoms with Crippen LogP contribution in [-0.2, 0) is 22.4 Å². The molecule has 31 heavy (non-hydrogen) atoms. The van der Waals surface area contributed by atoms with Gasteiger partial charge >= 0.3 is 0 Å². The molecule has 0 amide bonds. The molecule has 172 valence electrons. The van der Waals surface area contributed by atoms with E-state index >= 15 is 0 Å². The van der Waals surface area contributed by atoms with Crippen LogP contribution in [0.3, 0.4) is 0 Å². The van der Waals surface area contributed by atoms with Crippen LogP contribution >= 0.6 is 24.0 Å². The maximum absolute atomic E-state index is 5.81. The largest absolute Gasteiger partial charge is 0.381 e. The summed E-state index contributed by atoms with van der Waals surface area (Å²) < 4.78 is 13.4. The first-order valence-electron chi connectivity index (χ1n) is 11.0. The molecular weight excluding hydrogens is 505 g/mol. The number of rotatable bonds is 11. The molecule has 2 N–H and O–H groups in total. The molecule has 2 heterocycles. The summed E-state index contributed by atoms with van der Waals surface area (Å²) in [6.07, 6.45) is 7.96. The summed E-state index contributed by atoms with van der Waals surface area (Å²) >= 11 is 0. The molecule has 0 bridgehead atoms. The second kappa shape index (κ2) is 15.2. The van der Waals surface area contributed by atoms with Crippen molar-refractivity contribution in [2.24, 2.45) is 10.9 Å². The molecule has 8 heteroatoms. The fraction of sp³-hybridized carbons (Fsp3) is 0.565. The SMILES string of the molecule is CN=C(NCCCOCC1CCOCC1)NCCc1nccn1Cc1ccccc1.I. The zero-order chi connectivity index (χ0) is 20.9. The van der Waals surface area contributed by atoms with Crippen molar-refractivity contribution < 1.29 is 9.47 Å². The van der Waals surface area contributed by atoms with Crippen LogP contribution in [0.15, 0.2) is 47.7 Å². The molecule has 0 saturated carbocycles. The Balaban J connectivity index is 0.00000341. The lowest BCUT2D eigenvalue weighted by atomic mass is 10.0. The number of hydrogen-bond acceptors (Lipinski definition) is 4. The van der Waals surface area contributed by atoms with Crippen LogP contribution in [0, 0.1) is 5.92 Å². The first-order valence-corrected chi connectivity index (χ1v) is 11.0. The van der Waals surface area contributed by atoms with E-state index in [9.17, 15) is 0 Å². The van der Waals surface area contributed by atoms with Gasteiger partial charge in [0.05, 0.1) is 0 Å². The van der Waals surface area contributed by atoms with Crippen molar-refractivity contribution in [2.45, 2.75) is 32.2 Å². The van der Waals surface area contributed by atoms with Crippen LogP contribution in [0.4, 0.5) is 0 Å². The minimum Gasteiger partial charge on any atom is -0.381 e. The summed E-state index contributed by atoms with van der Waals surface area (Å²) in [7, 11) is 1.80. The molecule has 0 aliphatic carbocycles. The number of halogens is 1. The van der Waals surface area contributed by atoms with E-state index in [1.807, 2.05) is 18.5 Å². The van der Waals surface area contributed by atoms with E-state index in [1.54, 1.807) is 7.05 Å². The highest BCUT2D eigenvalue weighted by molar-refractivity contribution is 14.0. The Morgan fingerprint density at radius 2 is 1.97 bits per heavy atom. The molecule has 7 nitrogen and oxygen atoms in total. The Morgan fingerprint density at radius 3 is 2.74 bits per heavy atom. The van der Waals surface area contributed by atoms with Gasteiger partial charge in [0.1, 0.15) is 5.82 Å². The number of guanidine groups is 1. The van der Waals surface area contributed by atoms with E-state index < -0.39 is 0 Å². The third-order valence-corrected chi connectivity index (χ3v) is 5.31. The van der Waals surface area contributed by atoms with Gasteiger partial charge in [-0.2, -0.15) is 0 Å². The number of hydrogen-bond donors (Lipinski definition) is 2. The topological polar surface area (TPSA) is 72.7 Å². The molecule has 0 spiro atoms. The summed E-state index contributed by atoms with van der Waals surface area (Å²) in [4.78, 5) is 8.81. The van der Waals surface area contributed by atoms with Crippen LogP contribution in [0.2, 0.25) is 0 Å². The average molecular weight is 541 g/mol. The van der Waals surface area contributed by atoms with Gasteiger partial charge in [-0.1, -0.05) is 30.3 Å². The van der Waals surface area contributed by atoms with Gasteiger partial charge in [0.25, 0.3) is 0 Å². The second-order valence-electron chi connectivity index (χ2n) is 7.62.